The Morgan fingerprint density at radius 3 is 2.42 bits per heavy atom. The highest BCUT2D eigenvalue weighted by Gasteiger charge is 2.16. The molecule has 4 rings (SSSR count). The van der Waals surface area contributed by atoms with Gasteiger partial charge in [0.1, 0.15) is 16.2 Å². The number of hydrogen-bond acceptors (Lipinski definition) is 7. The van der Waals surface area contributed by atoms with E-state index in [0.29, 0.717) is 32.6 Å². The van der Waals surface area contributed by atoms with Gasteiger partial charge in [0.2, 0.25) is 5.91 Å². The zero-order valence-corrected chi connectivity index (χ0v) is 20.3. The van der Waals surface area contributed by atoms with Gasteiger partial charge in [-0.1, -0.05) is 41.6 Å². The van der Waals surface area contributed by atoms with Gasteiger partial charge in [0.05, 0.1) is 25.5 Å². The molecule has 0 saturated carbocycles. The smallest absolute Gasteiger partial charge is 0.271 e. The Labute approximate surface area is 199 Å². The van der Waals surface area contributed by atoms with Crippen molar-refractivity contribution < 1.29 is 14.3 Å². The van der Waals surface area contributed by atoms with E-state index >= 15 is 0 Å². The maximum Gasteiger partial charge on any atom is 0.271 e. The summed E-state index contributed by atoms with van der Waals surface area (Å²) >= 11 is 2.60. The van der Waals surface area contributed by atoms with Crippen molar-refractivity contribution in [3.8, 4) is 22.6 Å². The molecule has 2 aromatic heterocycles. The first kappa shape index (κ1) is 22.9. The lowest BCUT2D eigenvalue weighted by Gasteiger charge is -2.11. The number of amides is 1. The van der Waals surface area contributed by atoms with E-state index in [1.807, 2.05) is 36.6 Å². The van der Waals surface area contributed by atoms with Crippen LogP contribution in [0.25, 0.3) is 21.3 Å². The van der Waals surface area contributed by atoms with Crippen molar-refractivity contribution in [2.24, 2.45) is 7.05 Å². The van der Waals surface area contributed by atoms with Gasteiger partial charge in [0.25, 0.3) is 5.56 Å². The summed E-state index contributed by atoms with van der Waals surface area (Å²) in [4.78, 5) is 30.2. The molecule has 2 heterocycles. The first-order valence-corrected chi connectivity index (χ1v) is 12.0. The maximum atomic E-state index is 12.9. The molecule has 0 atom stereocenters. The van der Waals surface area contributed by atoms with Gasteiger partial charge in [0.15, 0.2) is 5.16 Å². The number of aryl methyl sites for hydroxylation is 1. The highest BCUT2D eigenvalue weighted by molar-refractivity contribution is 7.99. The number of thioether (sulfide) groups is 1. The van der Waals surface area contributed by atoms with Crippen LogP contribution in [0.5, 0.6) is 11.5 Å². The SMILES string of the molecule is COc1cc(NC(=O)CSc2nc3c(-c4ccc(C)cc4)csc3c(=O)n2C)cc(OC)c1. The zero-order chi connectivity index (χ0) is 23.5. The van der Waals surface area contributed by atoms with E-state index in [9.17, 15) is 9.59 Å². The Bertz CT molecular complexity index is 1350. The Morgan fingerprint density at radius 2 is 1.79 bits per heavy atom. The number of rotatable bonds is 7. The monoisotopic (exact) mass is 481 g/mol. The molecule has 0 radical (unpaired) electrons. The molecule has 170 valence electrons. The summed E-state index contributed by atoms with van der Waals surface area (Å²) in [5.74, 6) is 1.02. The number of benzene rings is 2. The summed E-state index contributed by atoms with van der Waals surface area (Å²) in [6.07, 6.45) is 0. The van der Waals surface area contributed by atoms with Crippen LogP contribution in [0.15, 0.2) is 57.8 Å². The van der Waals surface area contributed by atoms with E-state index in [2.05, 4.69) is 5.32 Å². The molecule has 7 nitrogen and oxygen atoms in total. The number of aromatic nitrogens is 2. The van der Waals surface area contributed by atoms with E-state index in [-0.39, 0.29) is 17.2 Å². The van der Waals surface area contributed by atoms with Crippen LogP contribution in [0, 0.1) is 6.92 Å². The highest BCUT2D eigenvalue weighted by Crippen LogP contribution is 2.32. The lowest BCUT2D eigenvalue weighted by atomic mass is 10.1. The molecule has 0 bridgehead atoms. The molecular formula is C24H23N3O4S2. The fourth-order valence-corrected chi connectivity index (χ4v) is 5.05. The lowest BCUT2D eigenvalue weighted by Crippen LogP contribution is -2.20. The number of hydrogen-bond donors (Lipinski definition) is 1. The van der Waals surface area contributed by atoms with E-state index in [0.717, 1.165) is 16.7 Å². The first-order chi connectivity index (χ1) is 15.9. The number of nitrogens with one attached hydrogen (secondary N) is 1. The van der Waals surface area contributed by atoms with Gasteiger partial charge in [-0.2, -0.15) is 0 Å². The second-order valence-electron chi connectivity index (χ2n) is 7.39. The van der Waals surface area contributed by atoms with Crippen LogP contribution >= 0.6 is 23.1 Å². The fourth-order valence-electron chi connectivity index (χ4n) is 3.30. The summed E-state index contributed by atoms with van der Waals surface area (Å²) in [5, 5.41) is 5.28. The molecule has 0 aliphatic rings. The molecule has 0 saturated heterocycles. The predicted molar refractivity (Wildman–Crippen MR) is 134 cm³/mol. The number of anilines is 1. The minimum absolute atomic E-state index is 0.0926. The van der Waals surface area contributed by atoms with Crippen molar-refractivity contribution in [3.63, 3.8) is 0 Å². The molecule has 1 amide bonds. The number of ether oxygens (including phenoxy) is 2. The first-order valence-electron chi connectivity index (χ1n) is 10.1. The Hall–Kier alpha value is -3.30. The predicted octanol–water partition coefficient (Wildman–Crippen LogP) is 4.72. The summed E-state index contributed by atoms with van der Waals surface area (Å²) in [5.41, 5.74) is 4.19. The second kappa shape index (κ2) is 9.68. The van der Waals surface area contributed by atoms with Gasteiger partial charge >= 0.3 is 0 Å². The number of methoxy groups -OCH3 is 2. The van der Waals surface area contributed by atoms with Gasteiger partial charge < -0.3 is 14.8 Å². The summed E-state index contributed by atoms with van der Waals surface area (Å²) in [6, 6.07) is 13.3. The zero-order valence-electron chi connectivity index (χ0n) is 18.7. The Kier molecular flexibility index (Phi) is 6.71. The number of carbonyl (C=O) groups excluding carboxylic acids is 1. The lowest BCUT2D eigenvalue weighted by molar-refractivity contribution is -0.113. The molecule has 0 aliphatic heterocycles. The van der Waals surface area contributed by atoms with E-state index in [1.165, 1.54) is 27.7 Å². The van der Waals surface area contributed by atoms with Crippen LogP contribution in [0.2, 0.25) is 0 Å². The largest absolute Gasteiger partial charge is 0.497 e. The van der Waals surface area contributed by atoms with Crippen LogP contribution in [-0.4, -0.2) is 35.4 Å². The third-order valence-electron chi connectivity index (χ3n) is 5.09. The minimum atomic E-state index is -0.228. The van der Waals surface area contributed by atoms with Crippen LogP contribution < -0.4 is 20.3 Å². The highest BCUT2D eigenvalue weighted by atomic mass is 32.2. The molecule has 33 heavy (non-hydrogen) atoms. The number of fused-ring (bicyclic) bond motifs is 1. The van der Waals surface area contributed by atoms with Crippen molar-refractivity contribution in [2.75, 3.05) is 25.3 Å². The topological polar surface area (TPSA) is 82.5 Å². The van der Waals surface area contributed by atoms with Gasteiger partial charge in [0, 0.05) is 41.9 Å². The van der Waals surface area contributed by atoms with Gasteiger partial charge in [-0.05, 0) is 12.5 Å². The molecule has 1 N–H and O–H groups in total. The standard InChI is InChI=1S/C24H23N3O4S2/c1-14-5-7-15(8-6-14)19-12-32-22-21(19)26-24(27(2)23(22)29)33-13-20(28)25-16-9-17(30-3)11-18(10-16)31-4/h5-12H,13H2,1-4H3,(H,25,28). The van der Waals surface area contributed by atoms with Crippen molar-refractivity contribution in [3.05, 3.63) is 63.8 Å². The summed E-state index contributed by atoms with van der Waals surface area (Å²) in [6.45, 7) is 2.03. The number of thiophene rings is 1. The summed E-state index contributed by atoms with van der Waals surface area (Å²) < 4.78 is 12.6. The average Bonchev–Trinajstić information content (AvgIpc) is 3.24. The minimum Gasteiger partial charge on any atom is -0.497 e. The molecule has 0 aliphatic carbocycles. The Balaban J connectivity index is 1.57. The van der Waals surface area contributed by atoms with E-state index in [4.69, 9.17) is 14.5 Å². The molecule has 9 heteroatoms. The second-order valence-corrected chi connectivity index (χ2v) is 9.21. The third kappa shape index (κ3) is 4.89. The van der Waals surface area contributed by atoms with Gasteiger partial charge in [-0.25, -0.2) is 4.98 Å². The molecule has 0 unspecified atom stereocenters. The fraction of sp³-hybridized carbons (Fsp3) is 0.208. The molecule has 4 aromatic rings. The molecular weight excluding hydrogens is 458 g/mol. The van der Waals surface area contributed by atoms with Crippen molar-refractivity contribution in [1.82, 2.24) is 9.55 Å². The maximum absolute atomic E-state index is 12.9. The third-order valence-corrected chi connectivity index (χ3v) is 7.08. The van der Waals surface area contributed by atoms with E-state index in [1.54, 1.807) is 39.5 Å². The van der Waals surface area contributed by atoms with Crippen LogP contribution in [-0.2, 0) is 11.8 Å². The number of carbonyl (C=O) groups is 1. The molecule has 0 fully saturated rings. The van der Waals surface area contributed by atoms with Gasteiger partial charge in [-0.3, -0.25) is 14.2 Å². The van der Waals surface area contributed by atoms with Crippen molar-refractivity contribution >= 4 is 44.9 Å². The molecule has 0 spiro atoms. The normalized spacial score (nSPS) is 10.9. The van der Waals surface area contributed by atoms with Crippen LogP contribution in [0.3, 0.4) is 0 Å². The quantitative estimate of drug-likeness (QED) is 0.304. The van der Waals surface area contributed by atoms with Crippen LogP contribution in [0.1, 0.15) is 5.56 Å². The average molecular weight is 482 g/mol. The van der Waals surface area contributed by atoms with Crippen molar-refractivity contribution in [2.45, 2.75) is 12.1 Å². The van der Waals surface area contributed by atoms with E-state index < -0.39 is 0 Å². The Morgan fingerprint density at radius 1 is 1.12 bits per heavy atom. The molecule has 2 aromatic carbocycles. The number of nitrogens with zero attached hydrogens (tertiary/aromatic N) is 2. The van der Waals surface area contributed by atoms with Crippen molar-refractivity contribution in [1.29, 1.82) is 0 Å². The van der Waals surface area contributed by atoms with Crippen LogP contribution in [0.4, 0.5) is 5.69 Å². The van der Waals surface area contributed by atoms with Gasteiger partial charge in [-0.15, -0.1) is 11.3 Å². The summed E-state index contributed by atoms with van der Waals surface area (Å²) in [7, 11) is 4.77.